The Morgan fingerprint density at radius 1 is 1.41 bits per heavy atom. The van der Waals surface area contributed by atoms with E-state index in [2.05, 4.69) is 13.8 Å². The summed E-state index contributed by atoms with van der Waals surface area (Å²) >= 11 is 0. The van der Waals surface area contributed by atoms with Crippen LogP contribution in [0, 0.1) is 11.3 Å². The van der Waals surface area contributed by atoms with Crippen LogP contribution in [-0.2, 0) is 14.3 Å². The van der Waals surface area contributed by atoms with E-state index in [0.717, 1.165) is 19.3 Å². The van der Waals surface area contributed by atoms with Gasteiger partial charge in [0.15, 0.2) is 0 Å². The molecular formula is C13H24O4. The summed E-state index contributed by atoms with van der Waals surface area (Å²) < 4.78 is 10.4. The number of hydrogen-bond donors (Lipinski definition) is 1. The molecule has 0 bridgehead atoms. The van der Waals surface area contributed by atoms with Gasteiger partial charge in [0.1, 0.15) is 0 Å². The smallest absolute Gasteiger partial charge is 0.305 e. The number of rotatable bonds is 5. The van der Waals surface area contributed by atoms with Crippen molar-refractivity contribution in [2.24, 2.45) is 11.3 Å². The molecule has 100 valence electrons. The molecule has 0 aromatic heterocycles. The van der Waals surface area contributed by atoms with Crippen LogP contribution in [0.5, 0.6) is 0 Å². The molecule has 0 amide bonds. The molecule has 0 aliphatic heterocycles. The number of esters is 1. The monoisotopic (exact) mass is 244 g/mol. The molecule has 1 saturated carbocycles. The third kappa shape index (κ3) is 3.68. The lowest BCUT2D eigenvalue weighted by Crippen LogP contribution is -2.43. The van der Waals surface area contributed by atoms with Crippen LogP contribution in [0.15, 0.2) is 0 Å². The minimum Gasteiger partial charge on any atom is -0.469 e. The summed E-state index contributed by atoms with van der Waals surface area (Å²) in [5.41, 5.74) is -0.0401. The number of methoxy groups -OCH3 is 1. The Morgan fingerprint density at radius 3 is 2.71 bits per heavy atom. The highest BCUT2D eigenvalue weighted by molar-refractivity contribution is 5.69. The van der Waals surface area contributed by atoms with Gasteiger partial charge in [-0.1, -0.05) is 20.3 Å². The van der Waals surface area contributed by atoms with E-state index in [9.17, 15) is 4.79 Å². The van der Waals surface area contributed by atoms with Gasteiger partial charge in [-0.2, -0.15) is 0 Å². The SMILES string of the molecule is COC(=O)CC1CCCC(OCCO)C1(C)C. The highest BCUT2D eigenvalue weighted by Crippen LogP contribution is 2.44. The maximum Gasteiger partial charge on any atom is 0.305 e. The first kappa shape index (κ1) is 14.5. The van der Waals surface area contributed by atoms with E-state index in [1.165, 1.54) is 7.11 Å². The molecule has 4 nitrogen and oxygen atoms in total. The van der Waals surface area contributed by atoms with E-state index in [1.807, 2.05) is 0 Å². The van der Waals surface area contributed by atoms with Crippen LogP contribution < -0.4 is 0 Å². The second-order valence-corrected chi connectivity index (χ2v) is 5.31. The second kappa shape index (κ2) is 6.36. The summed E-state index contributed by atoms with van der Waals surface area (Å²) in [6.07, 6.45) is 3.70. The summed E-state index contributed by atoms with van der Waals surface area (Å²) in [6, 6.07) is 0. The largest absolute Gasteiger partial charge is 0.469 e. The minimum absolute atomic E-state index is 0.0401. The lowest BCUT2D eigenvalue weighted by molar-refractivity contribution is -0.146. The average Bonchev–Trinajstić information content (AvgIpc) is 2.30. The van der Waals surface area contributed by atoms with Crippen molar-refractivity contribution < 1.29 is 19.4 Å². The van der Waals surface area contributed by atoms with Gasteiger partial charge in [0.25, 0.3) is 0 Å². The fraction of sp³-hybridized carbons (Fsp3) is 0.923. The standard InChI is InChI=1S/C13H24O4/c1-13(2)10(9-12(15)16-3)5-4-6-11(13)17-8-7-14/h10-11,14H,4-9H2,1-3H3. The summed E-state index contributed by atoms with van der Waals surface area (Å²) in [4.78, 5) is 11.4. The molecule has 1 aliphatic rings. The number of hydrogen-bond acceptors (Lipinski definition) is 4. The van der Waals surface area contributed by atoms with E-state index >= 15 is 0 Å². The zero-order valence-corrected chi connectivity index (χ0v) is 11.1. The molecule has 0 spiro atoms. The van der Waals surface area contributed by atoms with E-state index in [-0.39, 0.29) is 24.1 Å². The molecule has 17 heavy (non-hydrogen) atoms. The van der Waals surface area contributed by atoms with Gasteiger partial charge >= 0.3 is 5.97 Å². The van der Waals surface area contributed by atoms with E-state index in [1.54, 1.807) is 0 Å². The van der Waals surface area contributed by atoms with Crippen LogP contribution in [0.4, 0.5) is 0 Å². The molecule has 0 aromatic rings. The van der Waals surface area contributed by atoms with Crippen molar-refractivity contribution >= 4 is 5.97 Å². The highest BCUT2D eigenvalue weighted by atomic mass is 16.5. The van der Waals surface area contributed by atoms with Gasteiger partial charge in [-0.25, -0.2) is 0 Å². The molecule has 2 atom stereocenters. The van der Waals surface area contributed by atoms with E-state index in [0.29, 0.717) is 18.9 Å². The summed E-state index contributed by atoms with van der Waals surface area (Å²) in [7, 11) is 1.43. The molecule has 1 N–H and O–H groups in total. The Kier molecular flexibility index (Phi) is 5.40. The Morgan fingerprint density at radius 2 is 2.12 bits per heavy atom. The van der Waals surface area contributed by atoms with Gasteiger partial charge in [0.2, 0.25) is 0 Å². The maximum absolute atomic E-state index is 11.4. The number of carbonyl (C=O) groups is 1. The van der Waals surface area contributed by atoms with Gasteiger partial charge in [-0.3, -0.25) is 4.79 Å². The molecule has 4 heteroatoms. The third-order valence-electron chi connectivity index (χ3n) is 3.95. The number of ether oxygens (including phenoxy) is 2. The molecule has 1 fully saturated rings. The van der Waals surface area contributed by atoms with Gasteiger partial charge in [-0.15, -0.1) is 0 Å². The van der Waals surface area contributed by atoms with Crippen molar-refractivity contribution in [1.29, 1.82) is 0 Å². The predicted molar refractivity (Wildman–Crippen MR) is 64.6 cm³/mol. The first-order chi connectivity index (χ1) is 8.02. The van der Waals surface area contributed by atoms with Crippen LogP contribution in [0.3, 0.4) is 0 Å². The maximum atomic E-state index is 11.4. The van der Waals surface area contributed by atoms with Crippen molar-refractivity contribution in [2.75, 3.05) is 20.3 Å². The molecule has 1 aliphatic carbocycles. The zero-order valence-electron chi connectivity index (χ0n) is 11.1. The molecule has 2 unspecified atom stereocenters. The van der Waals surface area contributed by atoms with Gasteiger partial charge in [-0.05, 0) is 24.2 Å². The first-order valence-corrected chi connectivity index (χ1v) is 6.31. The zero-order chi connectivity index (χ0) is 12.9. The molecule has 1 rings (SSSR count). The Hall–Kier alpha value is -0.610. The third-order valence-corrected chi connectivity index (χ3v) is 3.95. The number of aliphatic hydroxyl groups is 1. The van der Waals surface area contributed by atoms with E-state index < -0.39 is 0 Å². The lowest BCUT2D eigenvalue weighted by atomic mass is 9.65. The van der Waals surface area contributed by atoms with Crippen LogP contribution >= 0.6 is 0 Å². The first-order valence-electron chi connectivity index (χ1n) is 6.31. The summed E-state index contributed by atoms with van der Waals surface area (Å²) in [6.45, 7) is 4.71. The molecule has 0 aromatic carbocycles. The summed E-state index contributed by atoms with van der Waals surface area (Å²) in [5, 5.41) is 8.82. The normalized spacial score (nSPS) is 27.8. The van der Waals surface area contributed by atoms with Gasteiger partial charge in [0.05, 0.1) is 26.4 Å². The second-order valence-electron chi connectivity index (χ2n) is 5.31. The fourth-order valence-corrected chi connectivity index (χ4v) is 2.70. The Labute approximate surface area is 103 Å². The van der Waals surface area contributed by atoms with Crippen LogP contribution in [0.2, 0.25) is 0 Å². The number of aliphatic hydroxyl groups excluding tert-OH is 1. The Balaban J connectivity index is 2.62. The van der Waals surface area contributed by atoms with Crippen LogP contribution in [0.1, 0.15) is 39.5 Å². The van der Waals surface area contributed by atoms with Crippen molar-refractivity contribution in [3.8, 4) is 0 Å². The minimum atomic E-state index is -0.147. The van der Waals surface area contributed by atoms with Crippen molar-refractivity contribution in [1.82, 2.24) is 0 Å². The van der Waals surface area contributed by atoms with Gasteiger partial charge in [0, 0.05) is 6.42 Å². The quantitative estimate of drug-likeness (QED) is 0.749. The molecular weight excluding hydrogens is 220 g/mol. The van der Waals surface area contributed by atoms with Crippen molar-refractivity contribution in [2.45, 2.75) is 45.6 Å². The molecule has 0 heterocycles. The van der Waals surface area contributed by atoms with Crippen molar-refractivity contribution in [3.05, 3.63) is 0 Å². The predicted octanol–water partition coefficient (Wildman–Crippen LogP) is 1.75. The van der Waals surface area contributed by atoms with E-state index in [4.69, 9.17) is 14.6 Å². The fourth-order valence-electron chi connectivity index (χ4n) is 2.70. The molecule has 0 saturated heterocycles. The molecule has 0 radical (unpaired) electrons. The lowest BCUT2D eigenvalue weighted by Gasteiger charge is -2.44. The summed E-state index contributed by atoms with van der Waals surface area (Å²) in [5.74, 6) is 0.151. The van der Waals surface area contributed by atoms with Crippen molar-refractivity contribution in [3.63, 3.8) is 0 Å². The highest BCUT2D eigenvalue weighted by Gasteiger charge is 2.41. The average molecular weight is 244 g/mol. The van der Waals surface area contributed by atoms with Gasteiger partial charge < -0.3 is 14.6 Å². The number of carbonyl (C=O) groups excluding carboxylic acids is 1. The van der Waals surface area contributed by atoms with Crippen LogP contribution in [-0.4, -0.2) is 37.5 Å². The topological polar surface area (TPSA) is 55.8 Å². The Bertz CT molecular complexity index is 250. The van der Waals surface area contributed by atoms with Crippen LogP contribution in [0.25, 0.3) is 0 Å².